The highest BCUT2D eigenvalue weighted by Gasteiger charge is 2.11. The molecule has 140 valence electrons. The lowest BCUT2D eigenvalue weighted by atomic mass is 10.1. The summed E-state index contributed by atoms with van der Waals surface area (Å²) in [5.74, 6) is 1.06. The summed E-state index contributed by atoms with van der Waals surface area (Å²) in [5.41, 5.74) is 1.73. The summed E-state index contributed by atoms with van der Waals surface area (Å²) < 4.78 is 30.4. The van der Waals surface area contributed by atoms with Gasteiger partial charge in [0.1, 0.15) is 12.4 Å². The van der Waals surface area contributed by atoms with Crippen LogP contribution in [0.1, 0.15) is 17.5 Å². The van der Waals surface area contributed by atoms with Gasteiger partial charge >= 0.3 is 0 Å². The first-order valence-corrected chi connectivity index (χ1v) is 9.09. The highest BCUT2D eigenvalue weighted by atomic mass is 19.1. The van der Waals surface area contributed by atoms with Gasteiger partial charge in [-0.3, -0.25) is 4.90 Å². The van der Waals surface area contributed by atoms with E-state index in [1.807, 2.05) is 12.1 Å². The van der Waals surface area contributed by atoms with E-state index in [2.05, 4.69) is 11.0 Å². The molecule has 0 spiro atoms. The van der Waals surface area contributed by atoms with E-state index in [4.69, 9.17) is 14.2 Å². The number of rotatable bonds is 8. The molecule has 0 atom stereocenters. The number of hydrogen-bond acceptors (Lipinski definition) is 4. The maximum atomic E-state index is 13.8. The molecule has 1 fully saturated rings. The molecule has 5 heteroatoms. The van der Waals surface area contributed by atoms with Gasteiger partial charge < -0.3 is 14.2 Å². The molecule has 0 N–H and O–H groups in total. The fourth-order valence-electron chi connectivity index (χ4n) is 3.09. The van der Waals surface area contributed by atoms with Gasteiger partial charge in [0, 0.05) is 18.7 Å². The predicted octanol–water partition coefficient (Wildman–Crippen LogP) is 3.68. The van der Waals surface area contributed by atoms with E-state index in [1.54, 1.807) is 25.3 Å². The van der Waals surface area contributed by atoms with Crippen molar-refractivity contribution in [3.63, 3.8) is 0 Å². The number of methoxy groups -OCH3 is 1. The number of benzene rings is 2. The predicted molar refractivity (Wildman–Crippen MR) is 99.3 cm³/mol. The Balaban J connectivity index is 1.57. The van der Waals surface area contributed by atoms with Crippen molar-refractivity contribution in [1.29, 1.82) is 0 Å². The molecule has 1 aliphatic rings. The van der Waals surface area contributed by atoms with Crippen molar-refractivity contribution in [2.45, 2.75) is 19.4 Å². The van der Waals surface area contributed by atoms with Crippen molar-refractivity contribution in [3.8, 4) is 11.5 Å². The minimum Gasteiger partial charge on any atom is -0.493 e. The van der Waals surface area contributed by atoms with Crippen LogP contribution in [0.4, 0.5) is 4.39 Å². The molecule has 0 aromatic heterocycles. The normalized spacial score (nSPS) is 15.0. The highest BCUT2D eigenvalue weighted by molar-refractivity contribution is 5.43. The van der Waals surface area contributed by atoms with Gasteiger partial charge in [0.05, 0.1) is 20.3 Å². The van der Waals surface area contributed by atoms with Crippen LogP contribution in [0.15, 0.2) is 42.5 Å². The minimum atomic E-state index is -0.256. The monoisotopic (exact) mass is 359 g/mol. The molecule has 0 aliphatic carbocycles. The highest BCUT2D eigenvalue weighted by Crippen LogP contribution is 2.29. The first-order valence-electron chi connectivity index (χ1n) is 9.09. The van der Waals surface area contributed by atoms with E-state index in [0.717, 1.165) is 45.7 Å². The number of hydrogen-bond donors (Lipinski definition) is 0. The maximum Gasteiger partial charge on any atom is 0.161 e. The lowest BCUT2D eigenvalue weighted by Crippen LogP contribution is -2.36. The van der Waals surface area contributed by atoms with Gasteiger partial charge in [-0.15, -0.1) is 0 Å². The second kappa shape index (κ2) is 9.55. The molecule has 1 aliphatic heterocycles. The van der Waals surface area contributed by atoms with Gasteiger partial charge in [0.15, 0.2) is 11.5 Å². The smallest absolute Gasteiger partial charge is 0.161 e. The largest absolute Gasteiger partial charge is 0.493 e. The molecular formula is C21H26FNO3. The minimum absolute atomic E-state index is 0.181. The SMILES string of the molecule is COc1ccc(CCCN2CCOCC2)cc1OCc1ccccc1F. The molecule has 0 bridgehead atoms. The van der Waals surface area contributed by atoms with Gasteiger partial charge in [-0.1, -0.05) is 24.3 Å². The lowest BCUT2D eigenvalue weighted by molar-refractivity contribution is 0.0374. The lowest BCUT2D eigenvalue weighted by Gasteiger charge is -2.26. The van der Waals surface area contributed by atoms with Gasteiger partial charge in [-0.25, -0.2) is 4.39 Å². The van der Waals surface area contributed by atoms with Crippen LogP contribution in [0.25, 0.3) is 0 Å². The number of ether oxygens (including phenoxy) is 3. The van der Waals surface area contributed by atoms with Gasteiger partial charge in [0.2, 0.25) is 0 Å². The van der Waals surface area contributed by atoms with Gasteiger partial charge in [0.25, 0.3) is 0 Å². The van der Waals surface area contributed by atoms with Crippen LogP contribution >= 0.6 is 0 Å². The number of nitrogens with zero attached hydrogens (tertiary/aromatic N) is 1. The number of aryl methyl sites for hydroxylation is 1. The Bertz CT molecular complexity index is 701. The summed E-state index contributed by atoms with van der Waals surface area (Å²) in [6.45, 7) is 4.94. The van der Waals surface area contributed by atoms with Crippen LogP contribution in [0.2, 0.25) is 0 Å². The van der Waals surface area contributed by atoms with E-state index >= 15 is 0 Å². The average molecular weight is 359 g/mol. The van der Waals surface area contributed by atoms with Crippen LogP contribution in [-0.2, 0) is 17.8 Å². The third-order valence-corrected chi connectivity index (χ3v) is 4.61. The van der Waals surface area contributed by atoms with Crippen LogP contribution in [0.3, 0.4) is 0 Å². The van der Waals surface area contributed by atoms with Crippen molar-refractivity contribution < 1.29 is 18.6 Å². The summed E-state index contributed by atoms with van der Waals surface area (Å²) in [4.78, 5) is 2.43. The molecule has 2 aromatic rings. The topological polar surface area (TPSA) is 30.9 Å². The third kappa shape index (κ3) is 5.19. The van der Waals surface area contributed by atoms with E-state index in [0.29, 0.717) is 17.1 Å². The zero-order chi connectivity index (χ0) is 18.2. The molecule has 3 rings (SSSR count). The van der Waals surface area contributed by atoms with Crippen LogP contribution in [0, 0.1) is 5.82 Å². The standard InChI is InChI=1S/C21H26FNO3/c1-24-20-9-8-17(5-4-10-23-11-13-25-14-12-23)15-21(20)26-16-18-6-2-3-7-19(18)22/h2-3,6-9,15H,4-5,10-14,16H2,1H3. The zero-order valence-electron chi connectivity index (χ0n) is 15.2. The molecule has 0 radical (unpaired) electrons. The quantitative estimate of drug-likeness (QED) is 0.719. The van der Waals surface area contributed by atoms with Gasteiger partial charge in [-0.05, 0) is 43.1 Å². The second-order valence-corrected chi connectivity index (χ2v) is 6.42. The van der Waals surface area contributed by atoms with Crippen molar-refractivity contribution in [3.05, 3.63) is 59.4 Å². The van der Waals surface area contributed by atoms with Crippen LogP contribution in [0.5, 0.6) is 11.5 Å². The Kier molecular flexibility index (Phi) is 6.86. The zero-order valence-corrected chi connectivity index (χ0v) is 15.2. The van der Waals surface area contributed by atoms with Crippen molar-refractivity contribution in [2.24, 2.45) is 0 Å². The Morgan fingerprint density at radius 2 is 1.88 bits per heavy atom. The molecule has 0 amide bonds. The Hall–Kier alpha value is -2.11. The summed E-state index contributed by atoms with van der Waals surface area (Å²) >= 11 is 0. The average Bonchev–Trinajstić information content (AvgIpc) is 2.68. The first-order chi connectivity index (χ1) is 12.8. The van der Waals surface area contributed by atoms with E-state index in [-0.39, 0.29) is 12.4 Å². The summed E-state index contributed by atoms with van der Waals surface area (Å²) in [6, 6.07) is 12.6. The van der Waals surface area contributed by atoms with Gasteiger partial charge in [-0.2, -0.15) is 0 Å². The molecule has 0 saturated carbocycles. The summed E-state index contributed by atoms with van der Waals surface area (Å²) in [6.07, 6.45) is 2.05. The summed E-state index contributed by atoms with van der Waals surface area (Å²) in [5, 5.41) is 0. The maximum absolute atomic E-state index is 13.8. The first kappa shape index (κ1) is 18.7. The van der Waals surface area contributed by atoms with Crippen molar-refractivity contribution in [1.82, 2.24) is 4.90 Å². The molecule has 26 heavy (non-hydrogen) atoms. The van der Waals surface area contributed by atoms with Crippen molar-refractivity contribution >= 4 is 0 Å². The Morgan fingerprint density at radius 3 is 2.65 bits per heavy atom. The fourth-order valence-corrected chi connectivity index (χ4v) is 3.09. The molecule has 1 heterocycles. The Labute approximate surface area is 154 Å². The summed E-state index contributed by atoms with van der Waals surface area (Å²) in [7, 11) is 1.61. The van der Waals surface area contributed by atoms with Crippen molar-refractivity contribution in [2.75, 3.05) is 40.0 Å². The second-order valence-electron chi connectivity index (χ2n) is 6.42. The van der Waals surface area contributed by atoms with E-state index < -0.39 is 0 Å². The molecule has 4 nitrogen and oxygen atoms in total. The third-order valence-electron chi connectivity index (χ3n) is 4.61. The number of morpholine rings is 1. The number of halogens is 1. The molecular weight excluding hydrogens is 333 g/mol. The van der Waals surface area contributed by atoms with Crippen LogP contribution in [-0.4, -0.2) is 44.9 Å². The van der Waals surface area contributed by atoms with E-state index in [9.17, 15) is 4.39 Å². The van der Waals surface area contributed by atoms with Crippen LogP contribution < -0.4 is 9.47 Å². The van der Waals surface area contributed by atoms with E-state index in [1.165, 1.54) is 11.6 Å². The molecule has 1 saturated heterocycles. The Morgan fingerprint density at radius 1 is 1.08 bits per heavy atom. The molecule has 0 unspecified atom stereocenters. The fraction of sp³-hybridized carbons (Fsp3) is 0.429. The molecule has 2 aromatic carbocycles.